The zero-order chi connectivity index (χ0) is 15.2. The number of rotatable bonds is 5. The van der Waals surface area contributed by atoms with E-state index in [1.807, 2.05) is 0 Å². The van der Waals surface area contributed by atoms with E-state index >= 15 is 0 Å². The van der Waals surface area contributed by atoms with Gasteiger partial charge >= 0.3 is 0 Å². The lowest BCUT2D eigenvalue weighted by Crippen LogP contribution is -2.73. The van der Waals surface area contributed by atoms with Crippen LogP contribution in [0.3, 0.4) is 0 Å². The smallest absolute Gasteiger partial charge is 0.225 e. The van der Waals surface area contributed by atoms with Crippen LogP contribution in [0, 0.1) is 17.8 Å². The maximum Gasteiger partial charge on any atom is 0.225 e. The van der Waals surface area contributed by atoms with E-state index in [2.05, 4.69) is 16.8 Å². The minimum absolute atomic E-state index is 0.255. The van der Waals surface area contributed by atoms with Crippen molar-refractivity contribution < 1.29 is 9.53 Å². The number of hydrogen-bond acceptors (Lipinski definition) is 3. The van der Waals surface area contributed by atoms with Crippen molar-refractivity contribution in [1.29, 1.82) is 0 Å². The molecule has 4 nitrogen and oxygen atoms in total. The van der Waals surface area contributed by atoms with Gasteiger partial charge in [-0.2, -0.15) is 0 Å². The molecule has 0 aromatic rings. The van der Waals surface area contributed by atoms with Crippen molar-refractivity contribution >= 4 is 5.91 Å². The Morgan fingerprint density at radius 2 is 1.82 bits per heavy atom. The number of likely N-dealkylation sites (N-methyl/N-ethyl adjacent to an activating group) is 1. The van der Waals surface area contributed by atoms with Crippen LogP contribution in [-0.2, 0) is 9.53 Å². The molecule has 22 heavy (non-hydrogen) atoms. The fourth-order valence-electron chi connectivity index (χ4n) is 4.34. The number of likely N-dealkylation sites (tertiary alicyclic amines) is 2. The number of nitrogens with zero attached hydrogens (tertiary/aromatic N) is 2. The van der Waals surface area contributed by atoms with E-state index in [4.69, 9.17) is 4.74 Å². The summed E-state index contributed by atoms with van der Waals surface area (Å²) in [5.74, 6) is 2.33. The summed E-state index contributed by atoms with van der Waals surface area (Å²) in [6, 6.07) is 0. The van der Waals surface area contributed by atoms with Gasteiger partial charge in [-0.3, -0.25) is 9.69 Å². The van der Waals surface area contributed by atoms with Crippen LogP contribution in [0.2, 0.25) is 0 Å². The Bertz CT molecular complexity index is 425. The molecule has 4 fully saturated rings. The lowest BCUT2D eigenvalue weighted by Gasteiger charge is -2.59. The van der Waals surface area contributed by atoms with E-state index in [1.165, 1.54) is 32.1 Å². The second-order valence-corrected chi connectivity index (χ2v) is 8.31. The van der Waals surface area contributed by atoms with Crippen LogP contribution < -0.4 is 0 Å². The van der Waals surface area contributed by atoms with Gasteiger partial charge in [-0.25, -0.2) is 0 Å². The Kier molecular flexibility index (Phi) is 3.93. The second kappa shape index (κ2) is 5.79. The molecule has 2 heterocycles. The zero-order valence-corrected chi connectivity index (χ0v) is 13.9. The molecule has 2 aliphatic carbocycles. The molecule has 124 valence electrons. The van der Waals surface area contributed by atoms with E-state index < -0.39 is 0 Å². The highest BCUT2D eigenvalue weighted by Gasteiger charge is 2.51. The van der Waals surface area contributed by atoms with Gasteiger partial charge in [0.1, 0.15) is 0 Å². The SMILES string of the molecule is CN1CCC(COCC2CC2)CC12CN(C(=O)C1CCC1)C2. The summed E-state index contributed by atoms with van der Waals surface area (Å²) in [4.78, 5) is 17.0. The summed E-state index contributed by atoms with van der Waals surface area (Å²) in [7, 11) is 2.24. The Balaban J connectivity index is 1.27. The van der Waals surface area contributed by atoms with Crippen LogP contribution in [0.15, 0.2) is 0 Å². The van der Waals surface area contributed by atoms with Gasteiger partial charge in [-0.15, -0.1) is 0 Å². The highest BCUT2D eigenvalue weighted by Crippen LogP contribution is 2.40. The summed E-state index contributed by atoms with van der Waals surface area (Å²) in [6.45, 7) is 4.98. The molecule has 4 aliphatic rings. The van der Waals surface area contributed by atoms with Gasteiger partial charge in [0, 0.05) is 32.2 Å². The Hall–Kier alpha value is -0.610. The van der Waals surface area contributed by atoms with Crippen LogP contribution in [0.1, 0.15) is 44.9 Å². The van der Waals surface area contributed by atoms with Crippen molar-refractivity contribution in [2.75, 3.05) is 39.9 Å². The highest BCUT2D eigenvalue weighted by molar-refractivity contribution is 5.80. The lowest BCUT2D eigenvalue weighted by atomic mass is 9.74. The van der Waals surface area contributed by atoms with Gasteiger partial charge < -0.3 is 9.64 Å². The first-order valence-corrected chi connectivity index (χ1v) is 9.24. The number of hydrogen-bond donors (Lipinski definition) is 0. The minimum Gasteiger partial charge on any atom is -0.381 e. The standard InChI is InChI=1S/C18H30N2O2/c1-19-8-7-15(11-22-10-14-5-6-14)9-18(19)12-20(13-18)17(21)16-3-2-4-16/h14-16H,2-13H2,1H3. The van der Waals surface area contributed by atoms with Crippen LogP contribution >= 0.6 is 0 Å². The van der Waals surface area contributed by atoms with Gasteiger partial charge in [-0.05, 0) is 64.0 Å². The molecule has 1 atom stereocenters. The van der Waals surface area contributed by atoms with Gasteiger partial charge in [0.25, 0.3) is 0 Å². The van der Waals surface area contributed by atoms with Crippen molar-refractivity contribution in [2.45, 2.75) is 50.5 Å². The van der Waals surface area contributed by atoms with Crippen LogP contribution in [0.25, 0.3) is 0 Å². The molecule has 1 spiro atoms. The summed E-state index contributed by atoms with van der Waals surface area (Å²) in [6.07, 6.45) is 8.69. The molecule has 2 saturated heterocycles. The lowest BCUT2D eigenvalue weighted by molar-refractivity contribution is -0.158. The third-order valence-corrected chi connectivity index (χ3v) is 6.49. The van der Waals surface area contributed by atoms with Gasteiger partial charge in [0.2, 0.25) is 5.91 Å². The predicted molar refractivity (Wildman–Crippen MR) is 85.5 cm³/mol. The predicted octanol–water partition coefficient (Wildman–Crippen LogP) is 2.14. The molecule has 0 radical (unpaired) electrons. The van der Waals surface area contributed by atoms with Crippen molar-refractivity contribution in [3.8, 4) is 0 Å². The summed E-state index contributed by atoms with van der Waals surface area (Å²) in [5, 5.41) is 0. The van der Waals surface area contributed by atoms with Crippen LogP contribution in [0.4, 0.5) is 0 Å². The van der Waals surface area contributed by atoms with E-state index in [0.717, 1.165) is 51.6 Å². The topological polar surface area (TPSA) is 32.8 Å². The molecule has 1 unspecified atom stereocenters. The van der Waals surface area contributed by atoms with Gasteiger partial charge in [-0.1, -0.05) is 6.42 Å². The number of ether oxygens (including phenoxy) is 1. The zero-order valence-electron chi connectivity index (χ0n) is 13.9. The van der Waals surface area contributed by atoms with Crippen LogP contribution in [0.5, 0.6) is 0 Å². The fraction of sp³-hybridized carbons (Fsp3) is 0.944. The number of carbonyl (C=O) groups excluding carboxylic acids is 1. The van der Waals surface area contributed by atoms with Crippen molar-refractivity contribution in [1.82, 2.24) is 9.80 Å². The Labute approximate surface area is 134 Å². The number of piperidine rings is 1. The first-order valence-electron chi connectivity index (χ1n) is 9.24. The summed E-state index contributed by atoms with van der Waals surface area (Å²) < 4.78 is 5.93. The molecule has 4 heteroatoms. The fourth-order valence-corrected chi connectivity index (χ4v) is 4.34. The monoisotopic (exact) mass is 306 g/mol. The summed E-state index contributed by atoms with van der Waals surface area (Å²) >= 11 is 0. The molecule has 2 aliphatic heterocycles. The van der Waals surface area contributed by atoms with E-state index in [-0.39, 0.29) is 5.54 Å². The number of carbonyl (C=O) groups is 1. The van der Waals surface area contributed by atoms with Crippen LogP contribution in [-0.4, -0.2) is 61.1 Å². The minimum atomic E-state index is 0.255. The quantitative estimate of drug-likeness (QED) is 0.780. The normalized spacial score (nSPS) is 31.9. The van der Waals surface area contributed by atoms with Crippen molar-refractivity contribution in [2.24, 2.45) is 17.8 Å². The molecular weight excluding hydrogens is 276 g/mol. The van der Waals surface area contributed by atoms with E-state index in [1.54, 1.807) is 0 Å². The van der Waals surface area contributed by atoms with Gasteiger partial charge in [0.15, 0.2) is 0 Å². The maximum absolute atomic E-state index is 12.4. The molecule has 1 amide bonds. The first-order chi connectivity index (χ1) is 10.7. The largest absolute Gasteiger partial charge is 0.381 e. The average molecular weight is 306 g/mol. The third-order valence-electron chi connectivity index (χ3n) is 6.49. The average Bonchev–Trinajstić information content (AvgIpc) is 3.20. The van der Waals surface area contributed by atoms with E-state index in [0.29, 0.717) is 17.7 Å². The molecule has 0 aromatic carbocycles. The number of amides is 1. The van der Waals surface area contributed by atoms with Crippen molar-refractivity contribution in [3.63, 3.8) is 0 Å². The Morgan fingerprint density at radius 1 is 1.09 bits per heavy atom. The molecule has 0 bridgehead atoms. The molecule has 2 saturated carbocycles. The third kappa shape index (κ3) is 2.80. The maximum atomic E-state index is 12.4. The molecule has 0 N–H and O–H groups in total. The molecule has 4 rings (SSSR count). The highest BCUT2D eigenvalue weighted by atomic mass is 16.5. The van der Waals surface area contributed by atoms with E-state index in [9.17, 15) is 4.79 Å². The summed E-state index contributed by atoms with van der Waals surface area (Å²) in [5.41, 5.74) is 0.255. The van der Waals surface area contributed by atoms with Crippen molar-refractivity contribution in [3.05, 3.63) is 0 Å². The second-order valence-electron chi connectivity index (χ2n) is 8.31. The molecular formula is C18H30N2O2. The first kappa shape index (κ1) is 14.9. The molecule has 0 aromatic heterocycles. The Morgan fingerprint density at radius 3 is 2.45 bits per heavy atom. The van der Waals surface area contributed by atoms with Gasteiger partial charge in [0.05, 0.1) is 5.54 Å².